The SMILES string of the molecule is O=C(CN1CC2(CC2)c2oc(C3CC3)cc2C1=O)Nc1ccc2nncn2c1. The number of nitrogens with one attached hydrogen (secondary N) is 1. The first-order valence-corrected chi connectivity index (χ1v) is 9.64. The van der Waals surface area contributed by atoms with Crippen molar-refractivity contribution in [1.29, 1.82) is 0 Å². The molecule has 3 aromatic heterocycles. The third kappa shape index (κ3) is 2.44. The lowest BCUT2D eigenvalue weighted by Crippen LogP contribution is -2.46. The van der Waals surface area contributed by atoms with Gasteiger partial charge in [0.1, 0.15) is 24.4 Å². The van der Waals surface area contributed by atoms with E-state index in [0.29, 0.717) is 29.4 Å². The topological polar surface area (TPSA) is 92.7 Å². The summed E-state index contributed by atoms with van der Waals surface area (Å²) < 4.78 is 7.83. The highest BCUT2D eigenvalue weighted by molar-refractivity contribution is 6.01. The summed E-state index contributed by atoms with van der Waals surface area (Å²) in [6, 6.07) is 5.48. The van der Waals surface area contributed by atoms with Crippen molar-refractivity contribution in [3.8, 4) is 0 Å². The second-order valence-electron chi connectivity index (χ2n) is 8.17. The van der Waals surface area contributed by atoms with Crippen LogP contribution in [0.5, 0.6) is 0 Å². The van der Waals surface area contributed by atoms with Gasteiger partial charge in [0.15, 0.2) is 5.65 Å². The van der Waals surface area contributed by atoms with Crippen molar-refractivity contribution in [2.24, 2.45) is 0 Å². The molecular formula is C20H19N5O3. The molecule has 0 unspecified atom stereocenters. The molecular weight excluding hydrogens is 358 g/mol. The van der Waals surface area contributed by atoms with Crippen molar-refractivity contribution in [3.63, 3.8) is 0 Å². The van der Waals surface area contributed by atoms with E-state index in [-0.39, 0.29) is 23.8 Å². The van der Waals surface area contributed by atoms with Crippen molar-refractivity contribution < 1.29 is 14.0 Å². The van der Waals surface area contributed by atoms with Crippen LogP contribution in [0, 0.1) is 0 Å². The number of pyridine rings is 1. The number of fused-ring (bicyclic) bond motifs is 3. The maximum Gasteiger partial charge on any atom is 0.257 e. The predicted molar refractivity (Wildman–Crippen MR) is 99.1 cm³/mol. The monoisotopic (exact) mass is 377 g/mol. The van der Waals surface area contributed by atoms with Crippen LogP contribution in [0.4, 0.5) is 5.69 Å². The Morgan fingerprint density at radius 3 is 2.96 bits per heavy atom. The molecule has 0 atom stereocenters. The van der Waals surface area contributed by atoms with Crippen LogP contribution in [0.2, 0.25) is 0 Å². The molecule has 6 rings (SSSR count). The number of anilines is 1. The summed E-state index contributed by atoms with van der Waals surface area (Å²) in [7, 11) is 0. The van der Waals surface area contributed by atoms with Gasteiger partial charge >= 0.3 is 0 Å². The summed E-state index contributed by atoms with van der Waals surface area (Å²) in [6.45, 7) is 0.582. The number of furan rings is 1. The van der Waals surface area contributed by atoms with Crippen LogP contribution >= 0.6 is 0 Å². The Balaban J connectivity index is 1.22. The lowest BCUT2D eigenvalue weighted by molar-refractivity contribution is -0.117. The Bertz CT molecular complexity index is 1120. The first-order valence-electron chi connectivity index (χ1n) is 9.64. The van der Waals surface area contributed by atoms with Crippen LogP contribution in [0.25, 0.3) is 5.65 Å². The molecule has 8 nitrogen and oxygen atoms in total. The van der Waals surface area contributed by atoms with Crippen LogP contribution in [-0.2, 0) is 10.2 Å². The maximum atomic E-state index is 13.0. The molecule has 2 fully saturated rings. The number of hydrogen-bond acceptors (Lipinski definition) is 5. The van der Waals surface area contributed by atoms with E-state index in [4.69, 9.17) is 4.42 Å². The summed E-state index contributed by atoms with van der Waals surface area (Å²) >= 11 is 0. The number of amides is 2. The second-order valence-corrected chi connectivity index (χ2v) is 8.17. The fourth-order valence-electron chi connectivity index (χ4n) is 4.15. The molecule has 0 bridgehead atoms. The zero-order chi connectivity index (χ0) is 18.9. The Morgan fingerprint density at radius 1 is 1.32 bits per heavy atom. The van der Waals surface area contributed by atoms with Crippen molar-refractivity contribution in [2.45, 2.75) is 37.0 Å². The van der Waals surface area contributed by atoms with E-state index >= 15 is 0 Å². The average molecular weight is 377 g/mol. The lowest BCUT2D eigenvalue weighted by Gasteiger charge is -2.31. The number of rotatable bonds is 4. The fourth-order valence-corrected chi connectivity index (χ4v) is 4.15. The summed E-state index contributed by atoms with van der Waals surface area (Å²) in [5, 5.41) is 10.6. The van der Waals surface area contributed by atoms with E-state index in [0.717, 1.165) is 37.2 Å². The van der Waals surface area contributed by atoms with Gasteiger partial charge in [-0.05, 0) is 43.9 Å². The van der Waals surface area contributed by atoms with Crippen molar-refractivity contribution in [3.05, 3.63) is 47.8 Å². The standard InChI is InChI=1S/C20H19N5O3/c26-17(22-13-3-4-16-23-21-11-25(16)8-13)9-24-10-20(5-6-20)18-14(19(24)27)7-15(28-18)12-1-2-12/h3-4,7-8,11-12H,1-2,5-6,9-10H2,(H,22,26). The Labute approximate surface area is 160 Å². The van der Waals surface area contributed by atoms with Gasteiger partial charge in [0.25, 0.3) is 5.91 Å². The molecule has 1 aliphatic heterocycles. The largest absolute Gasteiger partial charge is 0.464 e. The smallest absolute Gasteiger partial charge is 0.257 e. The van der Waals surface area contributed by atoms with Gasteiger partial charge < -0.3 is 14.6 Å². The average Bonchev–Trinajstić information content (AvgIpc) is 3.58. The van der Waals surface area contributed by atoms with Crippen molar-refractivity contribution in [1.82, 2.24) is 19.5 Å². The molecule has 2 saturated carbocycles. The highest BCUT2D eigenvalue weighted by Gasteiger charge is 2.55. The Kier molecular flexibility index (Phi) is 3.08. The lowest BCUT2D eigenvalue weighted by atomic mass is 9.93. The summed E-state index contributed by atoms with van der Waals surface area (Å²) in [5.41, 5.74) is 1.92. The summed E-state index contributed by atoms with van der Waals surface area (Å²) in [5.74, 6) is 1.95. The quantitative estimate of drug-likeness (QED) is 0.753. The molecule has 28 heavy (non-hydrogen) atoms. The van der Waals surface area contributed by atoms with Gasteiger partial charge in [0.05, 0.1) is 11.3 Å². The third-order valence-electron chi connectivity index (χ3n) is 5.99. The summed E-state index contributed by atoms with van der Waals surface area (Å²) in [6.07, 6.45) is 7.62. The molecule has 8 heteroatoms. The van der Waals surface area contributed by atoms with Gasteiger partial charge in [0, 0.05) is 24.1 Å². The maximum absolute atomic E-state index is 13.0. The number of aromatic nitrogens is 3. The van der Waals surface area contributed by atoms with Crippen molar-refractivity contribution >= 4 is 23.1 Å². The Hall–Kier alpha value is -3.16. The molecule has 142 valence electrons. The highest BCUT2D eigenvalue weighted by Crippen LogP contribution is 2.54. The van der Waals surface area contributed by atoms with Gasteiger partial charge in [0.2, 0.25) is 5.91 Å². The van der Waals surface area contributed by atoms with Gasteiger partial charge in [-0.15, -0.1) is 10.2 Å². The molecule has 1 spiro atoms. The molecule has 0 radical (unpaired) electrons. The van der Waals surface area contributed by atoms with Crippen LogP contribution in [0.3, 0.4) is 0 Å². The van der Waals surface area contributed by atoms with E-state index < -0.39 is 0 Å². The van der Waals surface area contributed by atoms with Gasteiger partial charge in [-0.3, -0.25) is 14.0 Å². The van der Waals surface area contributed by atoms with Crippen LogP contribution < -0.4 is 5.32 Å². The first kappa shape index (κ1) is 15.9. The van der Waals surface area contributed by atoms with E-state index in [9.17, 15) is 9.59 Å². The number of carbonyl (C=O) groups is 2. The molecule has 3 aliphatic rings. The molecule has 2 amide bonds. The van der Waals surface area contributed by atoms with Crippen molar-refractivity contribution in [2.75, 3.05) is 18.4 Å². The Morgan fingerprint density at radius 2 is 2.18 bits per heavy atom. The third-order valence-corrected chi connectivity index (χ3v) is 5.99. The second kappa shape index (κ2) is 5.43. The van der Waals surface area contributed by atoms with Crippen LogP contribution in [-0.4, -0.2) is 44.4 Å². The minimum Gasteiger partial charge on any atom is -0.464 e. The molecule has 3 aromatic rings. The minimum atomic E-state index is -0.217. The zero-order valence-corrected chi connectivity index (χ0v) is 15.2. The minimum absolute atomic E-state index is 0.0319. The fraction of sp³-hybridized carbons (Fsp3) is 0.400. The van der Waals surface area contributed by atoms with Crippen LogP contribution in [0.1, 0.15) is 53.5 Å². The normalized spacial score (nSPS) is 19.9. The molecule has 0 aromatic carbocycles. The van der Waals surface area contributed by atoms with Gasteiger partial charge in [-0.2, -0.15) is 0 Å². The van der Waals surface area contributed by atoms with Gasteiger partial charge in [-0.1, -0.05) is 0 Å². The zero-order valence-electron chi connectivity index (χ0n) is 15.2. The molecule has 0 saturated heterocycles. The van der Waals surface area contributed by atoms with Gasteiger partial charge in [-0.25, -0.2) is 0 Å². The van der Waals surface area contributed by atoms with E-state index in [2.05, 4.69) is 15.5 Å². The molecule has 4 heterocycles. The highest BCUT2D eigenvalue weighted by atomic mass is 16.3. The number of carbonyl (C=O) groups excluding carboxylic acids is 2. The van der Waals surface area contributed by atoms with Crippen LogP contribution in [0.15, 0.2) is 35.1 Å². The van der Waals surface area contributed by atoms with E-state index in [1.807, 2.05) is 6.07 Å². The first-order chi connectivity index (χ1) is 13.6. The summed E-state index contributed by atoms with van der Waals surface area (Å²) in [4.78, 5) is 27.2. The predicted octanol–water partition coefficient (Wildman–Crippen LogP) is 2.33. The van der Waals surface area contributed by atoms with E-state index in [1.165, 1.54) is 0 Å². The number of hydrogen-bond donors (Lipinski definition) is 1. The van der Waals surface area contributed by atoms with E-state index in [1.54, 1.807) is 34.0 Å². The molecule has 2 aliphatic carbocycles. The number of nitrogens with zero attached hydrogens (tertiary/aromatic N) is 4. The molecule has 1 N–H and O–H groups in total.